The number of hydrogen-bond donors (Lipinski definition) is 1. The van der Waals surface area contributed by atoms with Crippen molar-refractivity contribution in [3.05, 3.63) is 70.8 Å². The molecule has 2 aromatic rings. The summed E-state index contributed by atoms with van der Waals surface area (Å²) < 4.78 is 12.2. The van der Waals surface area contributed by atoms with E-state index in [1.165, 1.54) is 6.07 Å². The van der Waals surface area contributed by atoms with Gasteiger partial charge < -0.3 is 5.11 Å². The first-order valence-electron chi connectivity index (χ1n) is 6.28. The van der Waals surface area contributed by atoms with E-state index in [0.29, 0.717) is 11.5 Å². The van der Waals surface area contributed by atoms with Gasteiger partial charge in [0, 0.05) is 22.3 Å². The molecule has 20 heavy (non-hydrogen) atoms. The predicted molar refractivity (Wildman–Crippen MR) is 80.1 cm³/mol. The zero-order chi connectivity index (χ0) is 14.5. The van der Waals surface area contributed by atoms with E-state index in [0.717, 1.165) is 16.7 Å². The van der Waals surface area contributed by atoms with Crippen LogP contribution in [0.3, 0.4) is 0 Å². The van der Waals surface area contributed by atoms with Crippen molar-refractivity contribution in [2.75, 3.05) is 0 Å². The molecule has 0 bridgehead atoms. The zero-order valence-corrected chi connectivity index (χ0v) is 12.0. The van der Waals surface area contributed by atoms with Crippen molar-refractivity contribution in [3.8, 4) is 0 Å². The highest BCUT2D eigenvalue weighted by Gasteiger charge is 2.08. The van der Waals surface area contributed by atoms with Gasteiger partial charge in [0.25, 0.3) is 0 Å². The van der Waals surface area contributed by atoms with Gasteiger partial charge in [-0.05, 0) is 35.7 Å². The lowest BCUT2D eigenvalue weighted by Gasteiger charge is -2.06. The molecular formula is C16H16O3S. The van der Waals surface area contributed by atoms with Crippen LogP contribution in [0.5, 0.6) is 0 Å². The number of benzene rings is 2. The fourth-order valence-corrected chi connectivity index (χ4v) is 3.30. The van der Waals surface area contributed by atoms with Gasteiger partial charge in [0.2, 0.25) is 0 Å². The number of rotatable bonds is 5. The van der Waals surface area contributed by atoms with Gasteiger partial charge in [-0.25, -0.2) is 4.79 Å². The van der Waals surface area contributed by atoms with E-state index in [1.54, 1.807) is 12.1 Å². The lowest BCUT2D eigenvalue weighted by molar-refractivity contribution is 0.0696. The van der Waals surface area contributed by atoms with Crippen LogP contribution in [0.2, 0.25) is 0 Å². The van der Waals surface area contributed by atoms with Gasteiger partial charge >= 0.3 is 5.97 Å². The second-order valence-electron chi connectivity index (χ2n) is 4.66. The van der Waals surface area contributed by atoms with Crippen molar-refractivity contribution in [1.29, 1.82) is 0 Å². The van der Waals surface area contributed by atoms with Crippen LogP contribution in [0.1, 0.15) is 27.0 Å². The molecule has 0 aromatic heterocycles. The van der Waals surface area contributed by atoms with Crippen molar-refractivity contribution >= 4 is 16.8 Å². The summed E-state index contributed by atoms with van der Waals surface area (Å²) in [6.07, 6.45) is 0. The third-order valence-corrected chi connectivity index (χ3v) is 4.37. The number of aromatic carboxylic acids is 1. The van der Waals surface area contributed by atoms with Crippen LogP contribution in [0, 0.1) is 6.92 Å². The van der Waals surface area contributed by atoms with Gasteiger partial charge in [0.15, 0.2) is 0 Å². The van der Waals surface area contributed by atoms with Crippen molar-refractivity contribution in [2.45, 2.75) is 18.4 Å². The zero-order valence-electron chi connectivity index (χ0n) is 11.2. The van der Waals surface area contributed by atoms with E-state index in [2.05, 4.69) is 0 Å². The van der Waals surface area contributed by atoms with Crippen LogP contribution in [0.15, 0.2) is 48.5 Å². The Hall–Kier alpha value is -1.94. The normalized spacial score (nSPS) is 12.1. The van der Waals surface area contributed by atoms with Gasteiger partial charge in [-0.15, -0.1) is 0 Å². The Morgan fingerprint density at radius 2 is 1.85 bits per heavy atom. The van der Waals surface area contributed by atoms with Crippen molar-refractivity contribution in [2.24, 2.45) is 0 Å². The van der Waals surface area contributed by atoms with Gasteiger partial charge in [-0.3, -0.25) is 4.21 Å². The molecule has 2 rings (SSSR count). The highest BCUT2D eigenvalue weighted by Crippen LogP contribution is 2.13. The molecule has 0 radical (unpaired) electrons. The highest BCUT2D eigenvalue weighted by atomic mass is 32.2. The summed E-state index contributed by atoms with van der Waals surface area (Å²) in [6, 6.07) is 14.5. The smallest absolute Gasteiger partial charge is 0.335 e. The molecule has 0 spiro atoms. The summed E-state index contributed by atoms with van der Waals surface area (Å²) in [7, 11) is -1.05. The second-order valence-corrected chi connectivity index (χ2v) is 6.12. The van der Waals surface area contributed by atoms with Gasteiger partial charge in [-0.2, -0.15) is 0 Å². The molecule has 3 nitrogen and oxygen atoms in total. The van der Waals surface area contributed by atoms with E-state index in [-0.39, 0.29) is 5.56 Å². The Kier molecular flexibility index (Phi) is 4.69. The van der Waals surface area contributed by atoms with Crippen LogP contribution in [0.25, 0.3) is 0 Å². The largest absolute Gasteiger partial charge is 0.478 e. The molecule has 0 aliphatic heterocycles. The topological polar surface area (TPSA) is 54.4 Å². The van der Waals surface area contributed by atoms with E-state index in [1.807, 2.05) is 37.3 Å². The number of carboxylic acids is 1. The SMILES string of the molecule is Cc1ccccc1CS(=O)Cc1cccc(C(=O)O)c1. The Bertz CT molecular complexity index is 650. The number of hydrogen-bond acceptors (Lipinski definition) is 2. The minimum atomic E-state index is -1.05. The average Bonchev–Trinajstić information content (AvgIpc) is 2.41. The summed E-state index contributed by atoms with van der Waals surface area (Å²) in [5, 5.41) is 8.94. The Labute approximate surface area is 120 Å². The molecule has 0 fully saturated rings. The fraction of sp³-hybridized carbons (Fsp3) is 0.188. The third-order valence-electron chi connectivity index (χ3n) is 3.08. The molecule has 0 aliphatic carbocycles. The summed E-state index contributed by atoms with van der Waals surface area (Å²) in [6.45, 7) is 2.00. The fourth-order valence-electron chi connectivity index (χ4n) is 1.98. The van der Waals surface area contributed by atoms with Crippen LogP contribution < -0.4 is 0 Å². The van der Waals surface area contributed by atoms with Crippen LogP contribution in [-0.4, -0.2) is 15.3 Å². The van der Waals surface area contributed by atoms with Crippen LogP contribution >= 0.6 is 0 Å². The van der Waals surface area contributed by atoms with Crippen molar-refractivity contribution in [3.63, 3.8) is 0 Å². The molecule has 0 aliphatic rings. The minimum Gasteiger partial charge on any atom is -0.478 e. The molecule has 4 heteroatoms. The molecule has 0 heterocycles. The molecule has 0 amide bonds. The summed E-state index contributed by atoms with van der Waals surface area (Å²) in [5.41, 5.74) is 3.22. The first-order chi connectivity index (χ1) is 9.56. The van der Waals surface area contributed by atoms with Crippen LogP contribution in [-0.2, 0) is 22.3 Å². The van der Waals surface area contributed by atoms with Crippen molar-refractivity contribution < 1.29 is 14.1 Å². The second kappa shape index (κ2) is 6.48. The highest BCUT2D eigenvalue weighted by molar-refractivity contribution is 7.83. The van der Waals surface area contributed by atoms with Crippen molar-refractivity contribution in [1.82, 2.24) is 0 Å². The average molecular weight is 288 g/mol. The maximum absolute atomic E-state index is 12.2. The third kappa shape index (κ3) is 3.78. The predicted octanol–water partition coefficient (Wildman–Crippen LogP) is 3.14. The number of carbonyl (C=O) groups is 1. The maximum Gasteiger partial charge on any atom is 0.335 e. The summed E-state index contributed by atoms with van der Waals surface area (Å²) >= 11 is 0. The standard InChI is InChI=1S/C16H16O3S/c1-12-5-2-3-7-15(12)11-20(19)10-13-6-4-8-14(9-13)16(17)18/h2-9H,10-11H2,1H3,(H,17,18). The van der Waals surface area contributed by atoms with Gasteiger partial charge in [0.1, 0.15) is 0 Å². The first-order valence-corrected chi connectivity index (χ1v) is 7.77. The van der Waals surface area contributed by atoms with E-state index >= 15 is 0 Å². The van der Waals surface area contributed by atoms with E-state index in [4.69, 9.17) is 5.11 Å². The lowest BCUT2D eigenvalue weighted by Crippen LogP contribution is -2.03. The Balaban J connectivity index is 2.07. The van der Waals surface area contributed by atoms with E-state index < -0.39 is 16.8 Å². The summed E-state index contributed by atoms with van der Waals surface area (Å²) in [5.74, 6) is -0.101. The maximum atomic E-state index is 12.2. The molecule has 1 atom stereocenters. The monoisotopic (exact) mass is 288 g/mol. The number of aryl methyl sites for hydroxylation is 1. The molecular weight excluding hydrogens is 272 g/mol. The van der Waals surface area contributed by atoms with E-state index in [9.17, 15) is 9.00 Å². The first kappa shape index (κ1) is 14.5. The van der Waals surface area contributed by atoms with Gasteiger partial charge in [0.05, 0.1) is 5.56 Å². The molecule has 0 saturated heterocycles. The Morgan fingerprint density at radius 3 is 2.55 bits per heavy atom. The summed E-state index contributed by atoms with van der Waals surface area (Å²) in [4.78, 5) is 10.9. The molecule has 1 N–H and O–H groups in total. The Morgan fingerprint density at radius 1 is 1.10 bits per heavy atom. The quantitative estimate of drug-likeness (QED) is 0.919. The molecule has 0 saturated carbocycles. The van der Waals surface area contributed by atoms with Gasteiger partial charge in [-0.1, -0.05) is 36.4 Å². The lowest BCUT2D eigenvalue weighted by atomic mass is 10.1. The van der Waals surface area contributed by atoms with Crippen LogP contribution in [0.4, 0.5) is 0 Å². The molecule has 1 unspecified atom stereocenters. The molecule has 2 aromatic carbocycles. The molecule has 104 valence electrons. The minimum absolute atomic E-state index is 0.232. The number of carboxylic acid groups (broad SMARTS) is 1.